The highest BCUT2D eigenvalue weighted by molar-refractivity contribution is 5.71. The Morgan fingerprint density at radius 3 is 2.72 bits per heavy atom. The van der Waals surface area contributed by atoms with Crippen LogP contribution in [0.4, 0.5) is 0 Å². The minimum absolute atomic E-state index is 0.0369. The van der Waals surface area contributed by atoms with Gasteiger partial charge in [0.05, 0.1) is 6.42 Å². The number of rotatable bonds is 3. The molecule has 3 atom stereocenters. The van der Waals surface area contributed by atoms with Gasteiger partial charge in [0.15, 0.2) is 0 Å². The van der Waals surface area contributed by atoms with E-state index in [1.165, 1.54) is 12.0 Å². The summed E-state index contributed by atoms with van der Waals surface area (Å²) in [5.41, 5.74) is 6.95. The number of esters is 1. The van der Waals surface area contributed by atoms with Gasteiger partial charge in [-0.3, -0.25) is 4.79 Å². The predicted octanol–water partition coefficient (Wildman–Crippen LogP) is 2.65. The molecule has 18 heavy (non-hydrogen) atoms. The molecule has 0 bridgehead atoms. The van der Waals surface area contributed by atoms with Gasteiger partial charge >= 0.3 is 5.97 Å². The van der Waals surface area contributed by atoms with E-state index < -0.39 is 5.60 Å². The summed E-state index contributed by atoms with van der Waals surface area (Å²) in [6.07, 6.45) is 5.04. The lowest BCUT2D eigenvalue weighted by Crippen LogP contribution is -2.51. The fourth-order valence-corrected chi connectivity index (χ4v) is 3.57. The zero-order valence-corrected chi connectivity index (χ0v) is 12.0. The molecule has 0 heterocycles. The van der Waals surface area contributed by atoms with E-state index in [9.17, 15) is 4.79 Å². The first-order valence-electron chi connectivity index (χ1n) is 6.85. The Labute approximate surface area is 110 Å². The molecule has 0 aromatic rings. The molecule has 3 heteroatoms. The van der Waals surface area contributed by atoms with E-state index in [0.717, 1.165) is 12.3 Å². The molecule has 0 aromatic heterocycles. The van der Waals surface area contributed by atoms with Crippen molar-refractivity contribution in [1.29, 1.82) is 0 Å². The monoisotopic (exact) mass is 251 g/mol. The number of nitrogens with two attached hydrogens (primary N) is 1. The SMILES string of the molecule is CC1=CC2C(C1)CC2(CN)CC(=O)OC(C)(C)C. The average molecular weight is 251 g/mol. The van der Waals surface area contributed by atoms with Gasteiger partial charge in [-0.15, -0.1) is 0 Å². The highest BCUT2D eigenvalue weighted by atomic mass is 16.6. The second-order valence-electron chi connectivity index (χ2n) is 7.04. The minimum Gasteiger partial charge on any atom is -0.460 e. The van der Waals surface area contributed by atoms with Crippen molar-refractivity contribution in [1.82, 2.24) is 0 Å². The Kier molecular flexibility index (Phi) is 3.30. The van der Waals surface area contributed by atoms with E-state index in [1.807, 2.05) is 20.8 Å². The summed E-state index contributed by atoms with van der Waals surface area (Å²) in [5, 5.41) is 0. The number of carbonyl (C=O) groups excluding carboxylic acids is 1. The smallest absolute Gasteiger partial charge is 0.306 e. The van der Waals surface area contributed by atoms with Crippen molar-refractivity contribution in [3.05, 3.63) is 11.6 Å². The van der Waals surface area contributed by atoms with Crippen LogP contribution in [0, 0.1) is 17.3 Å². The predicted molar refractivity (Wildman–Crippen MR) is 71.9 cm³/mol. The molecule has 2 aliphatic rings. The zero-order chi connectivity index (χ0) is 13.6. The normalized spacial score (nSPS) is 34.6. The summed E-state index contributed by atoms with van der Waals surface area (Å²) in [6, 6.07) is 0. The molecule has 102 valence electrons. The molecule has 3 unspecified atom stereocenters. The van der Waals surface area contributed by atoms with Gasteiger partial charge in [-0.1, -0.05) is 11.6 Å². The molecule has 0 saturated heterocycles. The Morgan fingerprint density at radius 1 is 1.56 bits per heavy atom. The standard InChI is InChI=1S/C15H25NO2/c1-10-5-11-7-15(9-16,12(11)6-10)8-13(17)18-14(2,3)4/h6,11-12H,5,7-9,16H2,1-4H3. The molecule has 0 radical (unpaired) electrons. The maximum atomic E-state index is 12.0. The summed E-state index contributed by atoms with van der Waals surface area (Å²) in [6.45, 7) is 8.47. The molecule has 0 spiro atoms. The van der Waals surface area contributed by atoms with Crippen LogP contribution in [0.25, 0.3) is 0 Å². The van der Waals surface area contributed by atoms with Crippen LogP contribution < -0.4 is 5.73 Å². The molecule has 0 aliphatic heterocycles. The van der Waals surface area contributed by atoms with Crippen LogP contribution in [0.5, 0.6) is 0 Å². The van der Waals surface area contributed by atoms with Gasteiger partial charge < -0.3 is 10.5 Å². The molecule has 1 fully saturated rings. The summed E-state index contributed by atoms with van der Waals surface area (Å²) in [5.74, 6) is 1.11. The molecular weight excluding hydrogens is 226 g/mol. The third kappa shape index (κ3) is 2.46. The first-order valence-corrected chi connectivity index (χ1v) is 6.85. The topological polar surface area (TPSA) is 52.3 Å². The summed E-state index contributed by atoms with van der Waals surface area (Å²) in [7, 11) is 0. The van der Waals surface area contributed by atoms with E-state index >= 15 is 0 Å². The van der Waals surface area contributed by atoms with Crippen LogP contribution in [0.1, 0.15) is 47.0 Å². The van der Waals surface area contributed by atoms with Crippen molar-refractivity contribution in [2.75, 3.05) is 6.54 Å². The molecular formula is C15H25NO2. The highest BCUT2D eigenvalue weighted by Crippen LogP contribution is 2.59. The number of fused-ring (bicyclic) bond motifs is 1. The molecule has 2 N–H and O–H groups in total. The van der Waals surface area contributed by atoms with Gasteiger partial charge in [-0.25, -0.2) is 0 Å². The van der Waals surface area contributed by atoms with Crippen LogP contribution >= 0.6 is 0 Å². The zero-order valence-electron chi connectivity index (χ0n) is 12.0. The molecule has 3 nitrogen and oxygen atoms in total. The fourth-order valence-electron chi connectivity index (χ4n) is 3.57. The van der Waals surface area contributed by atoms with Crippen molar-refractivity contribution in [2.45, 2.75) is 52.6 Å². The van der Waals surface area contributed by atoms with E-state index in [-0.39, 0.29) is 11.4 Å². The Hall–Kier alpha value is -0.830. The molecule has 0 aromatic carbocycles. The van der Waals surface area contributed by atoms with Crippen LogP contribution in [-0.2, 0) is 9.53 Å². The second kappa shape index (κ2) is 4.37. The number of hydrogen-bond acceptors (Lipinski definition) is 3. The minimum atomic E-state index is -0.405. The summed E-state index contributed by atoms with van der Waals surface area (Å²) >= 11 is 0. The van der Waals surface area contributed by atoms with Crippen molar-refractivity contribution in [2.24, 2.45) is 23.0 Å². The van der Waals surface area contributed by atoms with Crippen molar-refractivity contribution in [3.63, 3.8) is 0 Å². The lowest BCUT2D eigenvalue weighted by molar-refractivity contribution is -0.162. The highest BCUT2D eigenvalue weighted by Gasteiger charge is 2.54. The van der Waals surface area contributed by atoms with Crippen LogP contribution in [-0.4, -0.2) is 18.1 Å². The van der Waals surface area contributed by atoms with Gasteiger partial charge in [0, 0.05) is 0 Å². The van der Waals surface area contributed by atoms with Crippen LogP contribution in [0.15, 0.2) is 11.6 Å². The molecule has 2 aliphatic carbocycles. The molecule has 2 rings (SSSR count). The van der Waals surface area contributed by atoms with Crippen molar-refractivity contribution < 1.29 is 9.53 Å². The maximum absolute atomic E-state index is 12.0. The quantitative estimate of drug-likeness (QED) is 0.619. The largest absolute Gasteiger partial charge is 0.460 e. The number of hydrogen-bond donors (Lipinski definition) is 1. The van der Waals surface area contributed by atoms with E-state index in [4.69, 9.17) is 10.5 Å². The third-order valence-electron chi connectivity index (χ3n) is 4.25. The van der Waals surface area contributed by atoms with E-state index in [0.29, 0.717) is 18.9 Å². The van der Waals surface area contributed by atoms with Gasteiger partial charge in [0.1, 0.15) is 5.60 Å². The second-order valence-corrected chi connectivity index (χ2v) is 7.04. The van der Waals surface area contributed by atoms with E-state index in [2.05, 4.69) is 13.0 Å². The van der Waals surface area contributed by atoms with Crippen molar-refractivity contribution in [3.8, 4) is 0 Å². The van der Waals surface area contributed by atoms with Gasteiger partial charge in [-0.05, 0) is 64.3 Å². The van der Waals surface area contributed by atoms with Gasteiger partial charge in [-0.2, -0.15) is 0 Å². The van der Waals surface area contributed by atoms with Crippen LogP contribution in [0.3, 0.4) is 0 Å². The average Bonchev–Trinajstić information content (AvgIpc) is 2.50. The summed E-state index contributed by atoms with van der Waals surface area (Å²) < 4.78 is 5.43. The number of carbonyl (C=O) groups is 1. The van der Waals surface area contributed by atoms with E-state index in [1.54, 1.807) is 0 Å². The Bertz CT molecular complexity index is 380. The van der Waals surface area contributed by atoms with Gasteiger partial charge in [0.25, 0.3) is 0 Å². The van der Waals surface area contributed by atoms with Gasteiger partial charge in [0.2, 0.25) is 0 Å². The first-order chi connectivity index (χ1) is 8.26. The lowest BCUT2D eigenvalue weighted by Gasteiger charge is -2.51. The summed E-state index contributed by atoms with van der Waals surface area (Å²) in [4.78, 5) is 12.0. The maximum Gasteiger partial charge on any atom is 0.306 e. The fraction of sp³-hybridized carbons (Fsp3) is 0.800. The first kappa shape index (κ1) is 13.6. The number of ether oxygens (including phenoxy) is 1. The number of allylic oxidation sites excluding steroid dienone is 2. The van der Waals surface area contributed by atoms with Crippen LogP contribution in [0.2, 0.25) is 0 Å². The Morgan fingerprint density at radius 2 is 2.22 bits per heavy atom. The molecule has 1 saturated carbocycles. The Balaban J connectivity index is 2.01. The lowest BCUT2D eigenvalue weighted by atomic mass is 9.53. The van der Waals surface area contributed by atoms with Crippen molar-refractivity contribution >= 4 is 5.97 Å². The molecule has 0 amide bonds. The third-order valence-corrected chi connectivity index (χ3v) is 4.25.